The van der Waals surface area contributed by atoms with E-state index in [1.54, 1.807) is 61.5 Å². The lowest BCUT2D eigenvalue weighted by molar-refractivity contribution is -0.143. The Labute approximate surface area is 401 Å². The molecule has 0 bridgehead atoms. The summed E-state index contributed by atoms with van der Waals surface area (Å²) in [7, 11) is 0. The molecule has 2 aliphatic heterocycles. The molecule has 14 heteroatoms. The van der Waals surface area contributed by atoms with Crippen molar-refractivity contribution in [1.82, 2.24) is 0 Å². The van der Waals surface area contributed by atoms with Crippen LogP contribution in [-0.2, 0) is 51.3 Å². The zero-order chi connectivity index (χ0) is 50.2. The summed E-state index contributed by atoms with van der Waals surface area (Å²) in [5.74, 6) is -1.57. The minimum absolute atomic E-state index is 0. The molecule has 1 unspecified atom stereocenters. The molecule has 6 rings (SSSR count). The number of esters is 4. The van der Waals surface area contributed by atoms with Crippen LogP contribution in [0.1, 0.15) is 101 Å². The number of benzene rings is 4. The summed E-state index contributed by atoms with van der Waals surface area (Å²) < 4.78 is 20.1. The maximum Gasteiger partial charge on any atom is 0.342 e. The van der Waals surface area contributed by atoms with Gasteiger partial charge in [0.15, 0.2) is 0 Å². The molecular formula is C54H62N4O10. The molecule has 0 saturated carbocycles. The molecule has 2 aliphatic rings. The van der Waals surface area contributed by atoms with Crippen LogP contribution in [-0.4, -0.2) is 74.2 Å². The molecule has 0 saturated heterocycles. The summed E-state index contributed by atoms with van der Waals surface area (Å²) in [6.07, 6.45) is 3.38. The summed E-state index contributed by atoms with van der Waals surface area (Å²) in [5, 5.41) is 8.36. The average Bonchev–Trinajstić information content (AvgIpc) is 3.89. The number of aldehydes is 1. The number of cyclic esters (lactones) is 2. The third kappa shape index (κ3) is 16.6. The fraction of sp³-hybridized carbons (Fsp3) is 0.315. The number of ether oxygens (including phenoxy) is 4. The number of hydrogen-bond acceptors (Lipinski definition) is 12. The van der Waals surface area contributed by atoms with Gasteiger partial charge in [-0.1, -0.05) is 67.6 Å². The van der Waals surface area contributed by atoms with Crippen molar-refractivity contribution in [3.05, 3.63) is 170 Å². The molecule has 0 aliphatic carbocycles. The van der Waals surface area contributed by atoms with E-state index in [0.717, 1.165) is 72.4 Å². The first kappa shape index (κ1) is 54.5. The number of carbonyl (C=O) groups is 5. The van der Waals surface area contributed by atoms with Gasteiger partial charge in [-0.2, -0.15) is 0 Å². The lowest BCUT2D eigenvalue weighted by Crippen LogP contribution is -2.21. The van der Waals surface area contributed by atoms with Gasteiger partial charge in [-0.15, -0.1) is 0 Å². The fourth-order valence-electron chi connectivity index (χ4n) is 6.44. The van der Waals surface area contributed by atoms with Gasteiger partial charge in [0.1, 0.15) is 31.9 Å². The van der Waals surface area contributed by atoms with Crippen LogP contribution in [0.15, 0.2) is 114 Å². The van der Waals surface area contributed by atoms with Crippen molar-refractivity contribution >= 4 is 58.8 Å². The lowest BCUT2D eigenvalue weighted by Gasteiger charge is -2.20. The predicted octanol–water partition coefficient (Wildman–Crippen LogP) is 10.1. The van der Waals surface area contributed by atoms with E-state index in [9.17, 15) is 24.0 Å². The standard InChI is InChI=1S/C25H24N2O4.C14H11NO4.C11H15NO.C4H10O.H2/c1-5-27(6-2)21-13-9-18(10-14-21)15-22-23(24(26-4)25(29)31-22)20-11-7-19(8-12-20)16-30-17(3)28;1-9(16)18-7-10-3-5-11(6-4-10)12-8-19-14(17)13(12)15-2;1-3-12(4-2)11-7-5-10(9-13)6-8-11;1-3-4(2)5;/h7-15H,5-6,16H2,1-3H3;3-6H,7-8H2,1H3;5-9H,3-4H2,1-2H3;4-5H,3H2,1-2H3;1H/i;;;;1+1. The Balaban J connectivity index is 0.000000365. The highest BCUT2D eigenvalue weighted by Crippen LogP contribution is 2.37. The van der Waals surface area contributed by atoms with Gasteiger partial charge in [0, 0.05) is 69.5 Å². The predicted molar refractivity (Wildman–Crippen MR) is 265 cm³/mol. The van der Waals surface area contributed by atoms with Crippen LogP contribution in [0, 0.1) is 13.1 Å². The van der Waals surface area contributed by atoms with Crippen molar-refractivity contribution in [3.8, 4) is 0 Å². The number of anilines is 2. The molecule has 68 heavy (non-hydrogen) atoms. The quantitative estimate of drug-likeness (QED) is 0.0522. The monoisotopic (exact) mass is 927 g/mol. The fourth-order valence-corrected chi connectivity index (χ4v) is 6.44. The van der Waals surface area contributed by atoms with Gasteiger partial charge in [-0.25, -0.2) is 9.69 Å². The van der Waals surface area contributed by atoms with Crippen LogP contribution in [0.5, 0.6) is 0 Å². The van der Waals surface area contributed by atoms with Crippen LogP contribution in [0.2, 0.25) is 0 Å². The average molecular weight is 928 g/mol. The maximum absolute atomic E-state index is 12.3. The third-order valence-electron chi connectivity index (χ3n) is 10.4. The van der Waals surface area contributed by atoms with E-state index in [4.69, 9.17) is 37.2 Å². The molecule has 4 aromatic rings. The van der Waals surface area contributed by atoms with Crippen LogP contribution in [0.3, 0.4) is 0 Å². The SMILES string of the molecule is CCC(C)O.CCN(CC)c1ccc(C=O)cc1.[2HH].[C-]#[N+]C1=C(c2ccc(COC(C)=O)cc2)C(=Cc2ccc(N(CC)CC)cc2)OC1=O.[C-]#[N+]C1=C(c2ccc(COC(C)=O)cc2)COC1=O. The normalized spacial score (nSPS) is 13.4. The van der Waals surface area contributed by atoms with Crippen molar-refractivity contribution < 1.29 is 49.5 Å². The second-order valence-electron chi connectivity index (χ2n) is 15.1. The van der Waals surface area contributed by atoms with E-state index in [0.29, 0.717) is 22.5 Å². The van der Waals surface area contributed by atoms with Crippen molar-refractivity contribution in [2.45, 2.75) is 81.1 Å². The van der Waals surface area contributed by atoms with Gasteiger partial charge in [-0.3, -0.25) is 24.0 Å². The number of carbonyl (C=O) groups excluding carboxylic acids is 5. The highest BCUT2D eigenvalue weighted by Gasteiger charge is 2.31. The van der Waals surface area contributed by atoms with Crippen LogP contribution >= 0.6 is 0 Å². The molecular weight excluding hydrogens is 865 g/mol. The van der Waals surface area contributed by atoms with Gasteiger partial charge in [-0.05, 0) is 111 Å². The van der Waals surface area contributed by atoms with E-state index in [1.165, 1.54) is 19.5 Å². The number of aliphatic hydroxyl groups excluding tert-OH is 1. The molecule has 0 fully saturated rings. The summed E-state index contributed by atoms with van der Waals surface area (Å²) in [6.45, 7) is 33.6. The second-order valence-corrected chi connectivity index (χ2v) is 15.1. The zero-order valence-corrected chi connectivity index (χ0v) is 40.0. The van der Waals surface area contributed by atoms with Gasteiger partial charge < -0.3 is 33.9 Å². The van der Waals surface area contributed by atoms with Crippen LogP contribution in [0.25, 0.3) is 26.9 Å². The summed E-state index contributed by atoms with van der Waals surface area (Å²) in [6, 6.07) is 29.9. The van der Waals surface area contributed by atoms with Crippen LogP contribution in [0.4, 0.5) is 11.4 Å². The Hall–Kier alpha value is -7.81. The zero-order valence-electron chi connectivity index (χ0n) is 40.0. The first-order valence-corrected chi connectivity index (χ1v) is 22.3. The van der Waals surface area contributed by atoms with Gasteiger partial charge in [0.25, 0.3) is 11.4 Å². The molecule has 2 heterocycles. The van der Waals surface area contributed by atoms with Gasteiger partial charge >= 0.3 is 23.9 Å². The smallest absolute Gasteiger partial charge is 0.342 e. The minimum Gasteiger partial charge on any atom is -0.467 e. The number of rotatable bonds is 15. The summed E-state index contributed by atoms with van der Waals surface area (Å²) >= 11 is 0. The molecule has 358 valence electrons. The van der Waals surface area contributed by atoms with Crippen molar-refractivity contribution in [2.75, 3.05) is 42.6 Å². The van der Waals surface area contributed by atoms with Crippen molar-refractivity contribution in [2.24, 2.45) is 0 Å². The Kier molecular flexibility index (Phi) is 22.7. The lowest BCUT2D eigenvalue weighted by atomic mass is 10.0. The molecule has 0 aromatic heterocycles. The third-order valence-corrected chi connectivity index (χ3v) is 10.4. The first-order chi connectivity index (χ1) is 32.7. The van der Waals surface area contributed by atoms with E-state index < -0.39 is 11.9 Å². The number of allylic oxidation sites excluding steroid dienone is 1. The van der Waals surface area contributed by atoms with E-state index in [1.807, 2.05) is 55.5 Å². The Bertz CT molecular complexity index is 2510. The molecule has 0 radical (unpaired) electrons. The van der Waals surface area contributed by atoms with Crippen molar-refractivity contribution in [3.63, 3.8) is 0 Å². The first-order valence-electron chi connectivity index (χ1n) is 22.3. The molecule has 1 atom stereocenters. The van der Waals surface area contributed by atoms with E-state index >= 15 is 0 Å². The Morgan fingerprint density at radius 2 is 1.12 bits per heavy atom. The highest BCUT2D eigenvalue weighted by molar-refractivity contribution is 6.09. The Morgan fingerprint density at radius 3 is 1.50 bits per heavy atom. The minimum atomic E-state index is -0.653. The summed E-state index contributed by atoms with van der Waals surface area (Å²) in [5.41, 5.74) is 8.06. The van der Waals surface area contributed by atoms with Gasteiger partial charge in [0.2, 0.25) is 0 Å². The Morgan fingerprint density at radius 1 is 0.691 bits per heavy atom. The highest BCUT2D eigenvalue weighted by atomic mass is 16.5. The molecule has 14 nitrogen and oxygen atoms in total. The van der Waals surface area contributed by atoms with E-state index in [2.05, 4.69) is 47.2 Å². The number of aliphatic hydroxyl groups is 1. The molecule has 0 spiro atoms. The number of nitrogens with zero attached hydrogens (tertiary/aromatic N) is 4. The number of hydrogen-bond donors (Lipinski definition) is 1. The van der Waals surface area contributed by atoms with Gasteiger partial charge in [0.05, 0.1) is 19.2 Å². The topological polar surface area (TPSA) is 158 Å². The van der Waals surface area contributed by atoms with E-state index in [-0.39, 0.29) is 50.7 Å². The van der Waals surface area contributed by atoms with Crippen molar-refractivity contribution in [1.29, 1.82) is 0 Å². The second kappa shape index (κ2) is 28.3. The largest absolute Gasteiger partial charge is 0.467 e. The summed E-state index contributed by atoms with van der Waals surface area (Å²) in [4.78, 5) is 66.7. The molecule has 0 amide bonds. The maximum atomic E-state index is 12.3. The molecule has 1 N–H and O–H groups in total. The molecule has 4 aromatic carbocycles. The van der Waals surface area contributed by atoms with Crippen LogP contribution < -0.4 is 9.80 Å².